The highest BCUT2D eigenvalue weighted by molar-refractivity contribution is 5.54. The molecule has 118 valence electrons. The van der Waals surface area contributed by atoms with Gasteiger partial charge < -0.3 is 19.3 Å². The van der Waals surface area contributed by atoms with E-state index in [4.69, 9.17) is 14.2 Å². The predicted octanol–water partition coefficient (Wildman–Crippen LogP) is 1.41. The van der Waals surface area contributed by atoms with Crippen LogP contribution in [0.25, 0.3) is 0 Å². The third-order valence-electron chi connectivity index (χ3n) is 6.21. The van der Waals surface area contributed by atoms with Crippen molar-refractivity contribution in [2.45, 2.75) is 49.5 Å². The van der Waals surface area contributed by atoms with Gasteiger partial charge in [-0.3, -0.25) is 4.90 Å². The van der Waals surface area contributed by atoms with E-state index in [0.29, 0.717) is 18.9 Å². The minimum absolute atomic E-state index is 0.163. The van der Waals surface area contributed by atoms with Crippen LogP contribution in [0.5, 0.6) is 11.5 Å². The summed E-state index contributed by atoms with van der Waals surface area (Å²) in [5.41, 5.74) is 2.40. The fourth-order valence-corrected chi connectivity index (χ4v) is 5.17. The predicted molar refractivity (Wildman–Crippen MR) is 79.1 cm³/mol. The average molecular weight is 303 g/mol. The van der Waals surface area contributed by atoms with Gasteiger partial charge in [0.25, 0.3) is 0 Å². The van der Waals surface area contributed by atoms with Gasteiger partial charge in [0, 0.05) is 31.7 Å². The molecule has 22 heavy (non-hydrogen) atoms. The van der Waals surface area contributed by atoms with Gasteiger partial charge in [-0.05, 0) is 42.5 Å². The van der Waals surface area contributed by atoms with Gasteiger partial charge in [0.2, 0.25) is 6.79 Å². The lowest BCUT2D eigenvalue weighted by Gasteiger charge is -2.49. The first-order chi connectivity index (χ1) is 10.7. The van der Waals surface area contributed by atoms with E-state index in [1.54, 1.807) is 7.11 Å². The Hall–Kier alpha value is -1.30. The Morgan fingerprint density at radius 3 is 2.95 bits per heavy atom. The Bertz CT molecular complexity index is 633. The maximum Gasteiger partial charge on any atom is 0.231 e. The van der Waals surface area contributed by atoms with Crippen LogP contribution in [0.1, 0.15) is 30.4 Å². The topological polar surface area (TPSA) is 51.2 Å². The summed E-state index contributed by atoms with van der Waals surface area (Å²) < 4.78 is 16.7. The SMILES string of the molecule is CO[C@@H]1CC[C@@]23c4cc5c(cc4CN(C[C@H]2O)[C@H]3C1)OCO5. The molecule has 1 saturated carbocycles. The van der Waals surface area contributed by atoms with Gasteiger partial charge >= 0.3 is 0 Å². The highest BCUT2D eigenvalue weighted by Gasteiger charge is 2.60. The second-order valence-electron chi connectivity index (χ2n) is 7.00. The zero-order valence-electron chi connectivity index (χ0n) is 12.7. The van der Waals surface area contributed by atoms with Crippen molar-refractivity contribution in [1.29, 1.82) is 0 Å². The van der Waals surface area contributed by atoms with Gasteiger partial charge in [0.05, 0.1) is 12.2 Å². The molecule has 3 aliphatic heterocycles. The zero-order chi connectivity index (χ0) is 14.9. The van der Waals surface area contributed by atoms with E-state index in [1.165, 1.54) is 11.1 Å². The molecule has 0 spiro atoms. The largest absolute Gasteiger partial charge is 0.454 e. The van der Waals surface area contributed by atoms with E-state index in [2.05, 4.69) is 17.0 Å². The van der Waals surface area contributed by atoms with Crippen molar-refractivity contribution < 1.29 is 19.3 Å². The Kier molecular flexibility index (Phi) is 2.62. The molecular weight excluding hydrogens is 282 g/mol. The number of aliphatic hydroxyl groups is 1. The van der Waals surface area contributed by atoms with E-state index in [1.807, 2.05) is 0 Å². The van der Waals surface area contributed by atoms with E-state index < -0.39 is 0 Å². The Morgan fingerprint density at radius 2 is 2.14 bits per heavy atom. The summed E-state index contributed by atoms with van der Waals surface area (Å²) in [5.74, 6) is 1.67. The van der Waals surface area contributed by atoms with Crippen molar-refractivity contribution in [1.82, 2.24) is 4.90 Å². The molecule has 0 aromatic heterocycles. The van der Waals surface area contributed by atoms with Crippen LogP contribution in [0.2, 0.25) is 0 Å². The highest BCUT2D eigenvalue weighted by atomic mass is 16.7. The molecule has 2 fully saturated rings. The molecule has 1 N–H and O–H groups in total. The van der Waals surface area contributed by atoms with Gasteiger partial charge in [-0.15, -0.1) is 0 Å². The van der Waals surface area contributed by atoms with E-state index >= 15 is 0 Å². The molecule has 1 aromatic carbocycles. The Balaban J connectivity index is 1.66. The smallest absolute Gasteiger partial charge is 0.231 e. The van der Waals surface area contributed by atoms with Crippen LogP contribution in [0.3, 0.4) is 0 Å². The number of nitrogens with zero attached hydrogens (tertiary/aromatic N) is 1. The zero-order valence-corrected chi connectivity index (χ0v) is 12.7. The molecule has 2 bridgehead atoms. The maximum atomic E-state index is 10.9. The van der Waals surface area contributed by atoms with Crippen molar-refractivity contribution in [2.75, 3.05) is 20.4 Å². The normalized spacial score (nSPS) is 41.2. The number of fused-ring (bicyclic) bond motifs is 2. The van der Waals surface area contributed by atoms with Crippen LogP contribution in [0.15, 0.2) is 12.1 Å². The molecular formula is C17H21NO4. The van der Waals surface area contributed by atoms with Gasteiger partial charge in [-0.1, -0.05) is 0 Å². The van der Waals surface area contributed by atoms with Crippen molar-refractivity contribution in [2.24, 2.45) is 0 Å². The number of hydrogen-bond donors (Lipinski definition) is 1. The summed E-state index contributed by atoms with van der Waals surface area (Å²) >= 11 is 0. The quantitative estimate of drug-likeness (QED) is 0.850. The summed E-state index contributed by atoms with van der Waals surface area (Å²) in [5, 5.41) is 10.9. The third kappa shape index (κ3) is 1.49. The molecule has 5 nitrogen and oxygen atoms in total. The number of rotatable bonds is 1. The summed E-state index contributed by atoms with van der Waals surface area (Å²) in [4.78, 5) is 2.43. The number of benzene rings is 1. The Morgan fingerprint density at radius 1 is 1.32 bits per heavy atom. The average Bonchev–Trinajstić information content (AvgIpc) is 3.06. The lowest BCUT2D eigenvalue weighted by atomic mass is 9.62. The number of hydrogen-bond acceptors (Lipinski definition) is 5. The molecule has 4 aliphatic rings. The first kappa shape index (κ1) is 13.2. The summed E-state index contributed by atoms with van der Waals surface area (Å²) in [7, 11) is 1.80. The summed E-state index contributed by atoms with van der Waals surface area (Å²) in [6, 6.07) is 4.61. The second-order valence-corrected chi connectivity index (χ2v) is 7.00. The molecule has 1 aliphatic carbocycles. The minimum atomic E-state index is -0.308. The first-order valence-electron chi connectivity index (χ1n) is 8.10. The third-order valence-corrected chi connectivity index (χ3v) is 6.21. The van der Waals surface area contributed by atoms with Gasteiger partial charge in [-0.25, -0.2) is 0 Å². The molecule has 5 heteroatoms. The standard InChI is InChI=1S/C17H21NO4/c1-20-11-2-3-17-12-6-14-13(21-9-22-14)4-10(12)7-18(8-16(17)19)15(17)5-11/h4,6,11,15-16,19H,2-3,5,7-9H2,1H3/t11-,15+,16-,17+/m1/s1. The van der Waals surface area contributed by atoms with Crippen LogP contribution in [-0.4, -0.2) is 48.7 Å². The monoisotopic (exact) mass is 303 g/mol. The van der Waals surface area contributed by atoms with Gasteiger partial charge in [0.15, 0.2) is 11.5 Å². The van der Waals surface area contributed by atoms with Crippen molar-refractivity contribution in [3.8, 4) is 11.5 Å². The first-order valence-corrected chi connectivity index (χ1v) is 8.10. The van der Waals surface area contributed by atoms with Gasteiger partial charge in [0.1, 0.15) is 0 Å². The number of aliphatic hydroxyl groups excluding tert-OH is 1. The van der Waals surface area contributed by atoms with Gasteiger partial charge in [-0.2, -0.15) is 0 Å². The molecule has 1 saturated heterocycles. The summed E-state index contributed by atoms with van der Waals surface area (Å²) in [6.45, 7) is 1.93. The number of ether oxygens (including phenoxy) is 3. The molecule has 5 atom stereocenters. The number of methoxy groups -OCH3 is 1. The molecule has 5 rings (SSSR count). The lowest BCUT2D eigenvalue weighted by Crippen LogP contribution is -2.54. The van der Waals surface area contributed by atoms with Crippen molar-refractivity contribution >= 4 is 0 Å². The fourth-order valence-electron chi connectivity index (χ4n) is 5.17. The molecule has 3 heterocycles. The van der Waals surface area contributed by atoms with Crippen LogP contribution < -0.4 is 9.47 Å². The van der Waals surface area contributed by atoms with Crippen molar-refractivity contribution in [3.63, 3.8) is 0 Å². The fraction of sp³-hybridized carbons (Fsp3) is 0.647. The lowest BCUT2D eigenvalue weighted by molar-refractivity contribution is -0.00705. The summed E-state index contributed by atoms with van der Waals surface area (Å²) in [6.07, 6.45) is 2.98. The molecule has 0 amide bonds. The molecule has 1 aromatic rings. The van der Waals surface area contributed by atoms with Crippen molar-refractivity contribution in [3.05, 3.63) is 23.3 Å². The van der Waals surface area contributed by atoms with Crippen LogP contribution in [0.4, 0.5) is 0 Å². The Labute approximate surface area is 129 Å². The van der Waals surface area contributed by atoms with Crippen LogP contribution >= 0.6 is 0 Å². The van der Waals surface area contributed by atoms with E-state index in [0.717, 1.165) is 43.9 Å². The minimum Gasteiger partial charge on any atom is -0.454 e. The highest BCUT2D eigenvalue weighted by Crippen LogP contribution is 2.55. The van der Waals surface area contributed by atoms with Crippen LogP contribution in [-0.2, 0) is 16.7 Å². The van der Waals surface area contributed by atoms with Crippen LogP contribution in [0, 0.1) is 0 Å². The van der Waals surface area contributed by atoms with E-state index in [9.17, 15) is 5.11 Å². The van der Waals surface area contributed by atoms with E-state index in [-0.39, 0.29) is 11.5 Å². The maximum absolute atomic E-state index is 10.9. The molecule has 0 radical (unpaired) electrons. The second kappa shape index (κ2) is 4.37. The molecule has 1 unspecified atom stereocenters.